The van der Waals surface area contributed by atoms with Crippen molar-refractivity contribution >= 4 is 11.6 Å². The number of ether oxygens (including phenoxy) is 2. The molecular weight excluding hydrogens is 266 g/mol. The van der Waals surface area contributed by atoms with E-state index in [0.717, 1.165) is 6.54 Å². The molecule has 2 rings (SSSR count). The molecule has 2 heterocycles. The van der Waals surface area contributed by atoms with Gasteiger partial charge >= 0.3 is 0 Å². The van der Waals surface area contributed by atoms with E-state index in [-0.39, 0.29) is 0 Å². The summed E-state index contributed by atoms with van der Waals surface area (Å²) in [5, 5.41) is 0.384. The zero-order valence-electron chi connectivity index (χ0n) is 11.3. The fourth-order valence-corrected chi connectivity index (χ4v) is 2.36. The van der Waals surface area contributed by atoms with Gasteiger partial charge in [0.25, 0.3) is 0 Å². The molecule has 1 aromatic rings. The largest absolute Gasteiger partial charge is 0.476 e. The van der Waals surface area contributed by atoms with E-state index in [1.54, 1.807) is 13.2 Å². The van der Waals surface area contributed by atoms with Crippen LogP contribution < -0.4 is 4.74 Å². The highest BCUT2D eigenvalue weighted by Gasteiger charge is 2.10. The Morgan fingerprint density at radius 2 is 2.05 bits per heavy atom. The second-order valence-electron chi connectivity index (χ2n) is 4.63. The number of hydrogen-bond donors (Lipinski definition) is 0. The van der Waals surface area contributed by atoms with Crippen LogP contribution in [0.25, 0.3) is 0 Å². The molecule has 1 aliphatic heterocycles. The van der Waals surface area contributed by atoms with Crippen LogP contribution in [0.4, 0.5) is 0 Å². The average molecular weight is 286 g/mol. The molecule has 0 aromatic carbocycles. The number of hydrogen-bond acceptors (Lipinski definition) is 5. The van der Waals surface area contributed by atoms with Crippen molar-refractivity contribution in [3.63, 3.8) is 0 Å². The van der Waals surface area contributed by atoms with Crippen LogP contribution in [0.1, 0.15) is 25.1 Å². The summed E-state index contributed by atoms with van der Waals surface area (Å²) in [6.45, 7) is 4.23. The van der Waals surface area contributed by atoms with Crippen molar-refractivity contribution < 1.29 is 9.47 Å². The van der Waals surface area contributed by atoms with Gasteiger partial charge in [-0.2, -0.15) is 4.98 Å². The normalized spacial score (nSPS) is 16.5. The predicted molar refractivity (Wildman–Crippen MR) is 73.5 cm³/mol. The lowest BCUT2D eigenvalue weighted by molar-refractivity contribution is 0.170. The van der Waals surface area contributed by atoms with Gasteiger partial charge in [0.1, 0.15) is 18.4 Å². The van der Waals surface area contributed by atoms with Gasteiger partial charge in [0, 0.05) is 19.7 Å². The lowest BCUT2D eigenvalue weighted by Gasteiger charge is -2.26. The van der Waals surface area contributed by atoms with Gasteiger partial charge in [-0.05, 0) is 25.9 Å². The van der Waals surface area contributed by atoms with Gasteiger partial charge in [-0.25, -0.2) is 4.98 Å². The molecule has 1 saturated heterocycles. The molecule has 1 fully saturated rings. The lowest BCUT2D eigenvalue weighted by atomic mass is 10.1. The predicted octanol–water partition coefficient (Wildman–Crippen LogP) is 2.14. The Morgan fingerprint density at radius 3 is 2.79 bits per heavy atom. The molecule has 19 heavy (non-hydrogen) atoms. The van der Waals surface area contributed by atoms with E-state index in [1.165, 1.54) is 32.4 Å². The molecule has 6 heteroatoms. The van der Waals surface area contributed by atoms with Crippen molar-refractivity contribution in [1.82, 2.24) is 14.9 Å². The summed E-state index contributed by atoms with van der Waals surface area (Å²) in [6, 6.07) is 1.64. The Hall–Kier alpha value is -0.910. The van der Waals surface area contributed by atoms with Crippen molar-refractivity contribution in [3.05, 3.63) is 17.0 Å². The summed E-state index contributed by atoms with van der Waals surface area (Å²) in [5.41, 5.74) is 0. The van der Waals surface area contributed by atoms with Gasteiger partial charge in [0.15, 0.2) is 5.82 Å². The molecule has 0 saturated carbocycles. The van der Waals surface area contributed by atoms with Gasteiger partial charge < -0.3 is 9.47 Å². The molecule has 0 N–H and O–H groups in total. The summed E-state index contributed by atoms with van der Waals surface area (Å²) >= 11 is 5.92. The van der Waals surface area contributed by atoms with E-state index in [1.807, 2.05) is 0 Å². The first-order valence-electron chi connectivity index (χ1n) is 6.65. The highest BCUT2D eigenvalue weighted by molar-refractivity contribution is 6.29. The second-order valence-corrected chi connectivity index (χ2v) is 5.02. The highest BCUT2D eigenvalue weighted by atomic mass is 35.5. The van der Waals surface area contributed by atoms with Crippen LogP contribution in [0, 0.1) is 0 Å². The standard InChI is InChI=1S/C13H20ClN3O2/c1-18-10-12-15-11(14)9-13(16-12)19-8-7-17-5-3-2-4-6-17/h9H,2-8,10H2,1H3. The van der Waals surface area contributed by atoms with Crippen molar-refractivity contribution in [2.45, 2.75) is 25.9 Å². The number of likely N-dealkylation sites (tertiary alicyclic amines) is 1. The van der Waals surface area contributed by atoms with E-state index >= 15 is 0 Å². The van der Waals surface area contributed by atoms with Crippen LogP contribution in [-0.2, 0) is 11.3 Å². The average Bonchev–Trinajstić information content (AvgIpc) is 2.40. The SMILES string of the molecule is COCc1nc(Cl)cc(OCCN2CCCCC2)n1. The molecule has 5 nitrogen and oxygen atoms in total. The molecule has 0 spiro atoms. The third-order valence-corrected chi connectivity index (χ3v) is 3.29. The molecule has 0 unspecified atom stereocenters. The fourth-order valence-electron chi connectivity index (χ4n) is 2.17. The molecular formula is C13H20ClN3O2. The number of nitrogens with zero attached hydrogens (tertiary/aromatic N) is 3. The molecule has 0 amide bonds. The van der Waals surface area contributed by atoms with Crippen LogP contribution in [-0.4, -0.2) is 48.2 Å². The van der Waals surface area contributed by atoms with Gasteiger partial charge in [0.2, 0.25) is 5.88 Å². The van der Waals surface area contributed by atoms with E-state index < -0.39 is 0 Å². The smallest absolute Gasteiger partial charge is 0.218 e. The summed E-state index contributed by atoms with van der Waals surface area (Å²) in [4.78, 5) is 10.7. The minimum atomic E-state index is 0.336. The molecule has 106 valence electrons. The molecule has 1 aliphatic rings. The summed E-state index contributed by atoms with van der Waals surface area (Å²) in [6.07, 6.45) is 3.92. The maximum atomic E-state index is 5.92. The maximum absolute atomic E-state index is 5.92. The van der Waals surface area contributed by atoms with Crippen LogP contribution >= 0.6 is 11.6 Å². The number of methoxy groups -OCH3 is 1. The summed E-state index contributed by atoms with van der Waals surface area (Å²) in [7, 11) is 1.60. The van der Waals surface area contributed by atoms with Crippen LogP contribution in [0.5, 0.6) is 5.88 Å². The zero-order valence-corrected chi connectivity index (χ0v) is 12.0. The topological polar surface area (TPSA) is 47.5 Å². The van der Waals surface area contributed by atoms with Crippen LogP contribution in [0.2, 0.25) is 5.15 Å². The van der Waals surface area contributed by atoms with Gasteiger partial charge in [-0.3, -0.25) is 4.90 Å². The summed E-state index contributed by atoms with van der Waals surface area (Å²) in [5.74, 6) is 1.06. The Labute approximate surface area is 118 Å². The van der Waals surface area contributed by atoms with Crippen LogP contribution in [0.15, 0.2) is 6.07 Å². The molecule has 0 aliphatic carbocycles. The van der Waals surface area contributed by atoms with Gasteiger partial charge in [0.05, 0.1) is 0 Å². The monoisotopic (exact) mass is 285 g/mol. The fraction of sp³-hybridized carbons (Fsp3) is 0.692. The van der Waals surface area contributed by atoms with Gasteiger partial charge in [-0.15, -0.1) is 0 Å². The highest BCUT2D eigenvalue weighted by Crippen LogP contribution is 2.14. The van der Waals surface area contributed by atoms with Crippen molar-refractivity contribution in [2.24, 2.45) is 0 Å². The maximum Gasteiger partial charge on any atom is 0.218 e. The molecule has 0 radical (unpaired) electrons. The van der Waals surface area contributed by atoms with E-state index in [2.05, 4.69) is 14.9 Å². The Balaban J connectivity index is 1.81. The molecule has 0 bridgehead atoms. The van der Waals surface area contributed by atoms with E-state index in [4.69, 9.17) is 21.1 Å². The lowest BCUT2D eigenvalue weighted by Crippen LogP contribution is -2.33. The van der Waals surface area contributed by atoms with Gasteiger partial charge in [-0.1, -0.05) is 18.0 Å². The van der Waals surface area contributed by atoms with Crippen molar-refractivity contribution in [1.29, 1.82) is 0 Å². The van der Waals surface area contributed by atoms with E-state index in [0.29, 0.717) is 30.1 Å². The first kappa shape index (κ1) is 14.5. The van der Waals surface area contributed by atoms with Crippen molar-refractivity contribution in [2.75, 3.05) is 33.4 Å². The van der Waals surface area contributed by atoms with E-state index in [9.17, 15) is 0 Å². The molecule has 0 atom stereocenters. The number of aromatic nitrogens is 2. The molecule has 1 aromatic heterocycles. The Morgan fingerprint density at radius 1 is 1.26 bits per heavy atom. The van der Waals surface area contributed by atoms with Crippen molar-refractivity contribution in [3.8, 4) is 5.88 Å². The van der Waals surface area contributed by atoms with Crippen LogP contribution in [0.3, 0.4) is 0 Å². The summed E-state index contributed by atoms with van der Waals surface area (Å²) < 4.78 is 10.6. The number of piperidine rings is 1. The Kier molecular flexibility index (Phi) is 5.82. The number of rotatable bonds is 6. The quantitative estimate of drug-likeness (QED) is 0.750. The first-order valence-corrected chi connectivity index (χ1v) is 7.03. The zero-order chi connectivity index (χ0) is 13.5. The third kappa shape index (κ3) is 4.93. The minimum absolute atomic E-state index is 0.336. The Bertz CT molecular complexity index is 397. The second kappa shape index (κ2) is 7.62. The number of halogens is 1. The minimum Gasteiger partial charge on any atom is -0.476 e. The first-order chi connectivity index (χ1) is 9.28. The third-order valence-electron chi connectivity index (χ3n) is 3.10.